The number of esters is 2. The number of hydrogen-bond acceptors (Lipinski definition) is 5. The van der Waals surface area contributed by atoms with Crippen molar-refractivity contribution in [3.05, 3.63) is 12.2 Å². The zero-order valence-corrected chi connectivity index (χ0v) is 19.4. The fourth-order valence-corrected chi connectivity index (χ4v) is 1.00. The van der Waals surface area contributed by atoms with E-state index in [9.17, 15) is 14.4 Å². The van der Waals surface area contributed by atoms with Gasteiger partial charge in [-0.25, -0.2) is 4.79 Å². The van der Waals surface area contributed by atoms with Crippen LogP contribution in [0.25, 0.3) is 0 Å². The van der Waals surface area contributed by atoms with Crippen molar-refractivity contribution in [1.82, 2.24) is 0 Å². The first-order valence-corrected chi connectivity index (χ1v) is 9.96. The fourth-order valence-electron chi connectivity index (χ4n) is 1.00. The standard InChI is InChI=1S/C9H18O2.C7H12O2.C6H12O2/c1-5-7-11-8(10)9(3,4)6-2;1-4-5-9-7(8)6(2)3;1-4-6(2,3)5(7)8/h5-7H2,1-4H3;2,4-5H2,1,3H3;4H2,1-3H3,(H,7,8). The van der Waals surface area contributed by atoms with Crippen molar-refractivity contribution < 1.29 is 29.0 Å². The van der Waals surface area contributed by atoms with Gasteiger partial charge in [0.2, 0.25) is 0 Å². The SMILES string of the molecule is C=C(C)C(=O)OCCC.CCC(C)(C)C(=O)O.CCCOC(=O)C(C)(C)CC. The molecule has 0 aliphatic heterocycles. The first-order chi connectivity index (χ1) is 12.7. The second-order valence-corrected chi connectivity index (χ2v) is 7.83. The van der Waals surface area contributed by atoms with E-state index in [0.29, 0.717) is 25.2 Å². The minimum atomic E-state index is -0.722. The molecule has 0 aromatic heterocycles. The molecule has 0 aromatic rings. The molecule has 0 atom stereocenters. The second-order valence-electron chi connectivity index (χ2n) is 7.83. The summed E-state index contributed by atoms with van der Waals surface area (Å²) in [5.74, 6) is -1.10. The first-order valence-electron chi connectivity index (χ1n) is 9.96. The van der Waals surface area contributed by atoms with Crippen LogP contribution in [0.5, 0.6) is 0 Å². The summed E-state index contributed by atoms with van der Waals surface area (Å²) < 4.78 is 9.72. The maximum Gasteiger partial charge on any atom is 0.333 e. The summed E-state index contributed by atoms with van der Waals surface area (Å²) >= 11 is 0. The van der Waals surface area contributed by atoms with Crippen LogP contribution in [-0.4, -0.2) is 36.2 Å². The maximum atomic E-state index is 11.2. The molecular weight excluding hydrogens is 360 g/mol. The van der Waals surface area contributed by atoms with Gasteiger partial charge >= 0.3 is 17.9 Å². The van der Waals surface area contributed by atoms with Crippen LogP contribution in [-0.2, 0) is 23.9 Å². The summed E-state index contributed by atoms with van der Waals surface area (Å²) in [6, 6.07) is 0. The average molecular weight is 403 g/mol. The Morgan fingerprint density at radius 2 is 1.21 bits per heavy atom. The van der Waals surface area contributed by atoms with Crippen molar-refractivity contribution >= 4 is 17.9 Å². The number of aliphatic carboxylic acids is 1. The van der Waals surface area contributed by atoms with E-state index < -0.39 is 11.4 Å². The van der Waals surface area contributed by atoms with Gasteiger partial charge in [-0.2, -0.15) is 0 Å². The Hall–Kier alpha value is -1.85. The summed E-state index contributed by atoms with van der Waals surface area (Å²) in [6.45, 7) is 21.2. The molecule has 0 unspecified atom stereocenters. The largest absolute Gasteiger partial charge is 0.481 e. The van der Waals surface area contributed by atoms with E-state index >= 15 is 0 Å². The molecular formula is C22H42O6. The average Bonchev–Trinajstić information content (AvgIpc) is 2.64. The van der Waals surface area contributed by atoms with Crippen LogP contribution in [0.15, 0.2) is 12.2 Å². The zero-order chi connectivity index (χ0) is 23.0. The molecule has 0 bridgehead atoms. The number of ether oxygens (including phenoxy) is 2. The summed E-state index contributed by atoms with van der Waals surface area (Å²) in [5.41, 5.74) is -0.390. The summed E-state index contributed by atoms with van der Waals surface area (Å²) in [6.07, 6.45) is 3.27. The lowest BCUT2D eigenvalue weighted by atomic mass is 9.91. The quantitative estimate of drug-likeness (QED) is 0.410. The van der Waals surface area contributed by atoms with Gasteiger partial charge in [0, 0.05) is 5.57 Å². The van der Waals surface area contributed by atoms with Gasteiger partial charge in [-0.3, -0.25) is 9.59 Å². The van der Waals surface area contributed by atoms with Crippen molar-refractivity contribution in [2.24, 2.45) is 10.8 Å². The van der Waals surface area contributed by atoms with Gasteiger partial charge in [0.15, 0.2) is 0 Å². The molecule has 6 nitrogen and oxygen atoms in total. The summed E-state index contributed by atoms with van der Waals surface area (Å²) in [7, 11) is 0. The molecule has 0 fully saturated rings. The Bertz CT molecular complexity index is 477. The minimum absolute atomic E-state index is 0.0816. The number of carbonyl (C=O) groups excluding carboxylic acids is 2. The topological polar surface area (TPSA) is 89.9 Å². The molecule has 0 heterocycles. The van der Waals surface area contributed by atoms with Crippen molar-refractivity contribution in [2.75, 3.05) is 13.2 Å². The van der Waals surface area contributed by atoms with Crippen molar-refractivity contribution in [1.29, 1.82) is 0 Å². The van der Waals surface area contributed by atoms with Crippen LogP contribution < -0.4 is 0 Å². The van der Waals surface area contributed by atoms with Gasteiger partial charge in [-0.05, 0) is 60.3 Å². The number of carboxylic acid groups (broad SMARTS) is 1. The number of rotatable bonds is 9. The van der Waals surface area contributed by atoms with Gasteiger partial charge in [0.1, 0.15) is 0 Å². The molecule has 166 valence electrons. The molecule has 0 aliphatic rings. The predicted molar refractivity (Wildman–Crippen MR) is 113 cm³/mol. The molecule has 1 N–H and O–H groups in total. The van der Waals surface area contributed by atoms with Gasteiger partial charge in [-0.1, -0.05) is 34.3 Å². The Kier molecular flexibility index (Phi) is 17.8. The normalized spacial score (nSPS) is 10.5. The summed E-state index contributed by atoms with van der Waals surface area (Å²) in [4.78, 5) is 32.1. The monoisotopic (exact) mass is 402 g/mol. The van der Waals surface area contributed by atoms with E-state index in [1.54, 1.807) is 20.8 Å². The molecule has 0 rings (SSSR count). The molecule has 0 saturated heterocycles. The lowest BCUT2D eigenvalue weighted by Crippen LogP contribution is -2.25. The van der Waals surface area contributed by atoms with Crippen LogP contribution in [0.1, 0.15) is 88.0 Å². The van der Waals surface area contributed by atoms with Gasteiger partial charge in [-0.15, -0.1) is 0 Å². The number of hydrogen-bond donors (Lipinski definition) is 1. The minimum Gasteiger partial charge on any atom is -0.481 e. The molecule has 0 amide bonds. The fraction of sp³-hybridized carbons (Fsp3) is 0.773. The Morgan fingerprint density at radius 1 is 0.821 bits per heavy atom. The third-order valence-electron chi connectivity index (χ3n) is 4.12. The Morgan fingerprint density at radius 3 is 1.46 bits per heavy atom. The van der Waals surface area contributed by atoms with Crippen LogP contribution >= 0.6 is 0 Å². The van der Waals surface area contributed by atoms with Crippen LogP contribution in [0.3, 0.4) is 0 Å². The van der Waals surface area contributed by atoms with E-state index in [-0.39, 0.29) is 17.4 Å². The molecule has 0 spiro atoms. The molecule has 0 saturated carbocycles. The third kappa shape index (κ3) is 16.3. The van der Waals surface area contributed by atoms with Gasteiger partial charge in [0.05, 0.1) is 24.0 Å². The number of carbonyl (C=O) groups is 3. The Labute approximate surface area is 171 Å². The summed E-state index contributed by atoms with van der Waals surface area (Å²) in [5, 5.41) is 8.44. The molecule has 28 heavy (non-hydrogen) atoms. The highest BCUT2D eigenvalue weighted by molar-refractivity contribution is 5.86. The second kappa shape index (κ2) is 16.1. The lowest BCUT2D eigenvalue weighted by Gasteiger charge is -2.19. The smallest absolute Gasteiger partial charge is 0.333 e. The first kappa shape index (κ1) is 30.9. The predicted octanol–water partition coefficient (Wildman–Crippen LogP) is 5.40. The van der Waals surface area contributed by atoms with Crippen molar-refractivity contribution in [3.8, 4) is 0 Å². The lowest BCUT2D eigenvalue weighted by molar-refractivity contribution is -0.154. The maximum absolute atomic E-state index is 11.2. The van der Waals surface area contributed by atoms with Crippen LogP contribution in [0, 0.1) is 10.8 Å². The molecule has 6 heteroatoms. The van der Waals surface area contributed by atoms with Gasteiger partial charge < -0.3 is 14.6 Å². The van der Waals surface area contributed by atoms with E-state index in [2.05, 4.69) is 6.58 Å². The zero-order valence-electron chi connectivity index (χ0n) is 19.4. The van der Waals surface area contributed by atoms with E-state index in [1.807, 2.05) is 41.5 Å². The molecule has 0 aromatic carbocycles. The van der Waals surface area contributed by atoms with E-state index in [0.717, 1.165) is 19.3 Å². The highest BCUT2D eigenvalue weighted by Crippen LogP contribution is 2.21. The van der Waals surface area contributed by atoms with Gasteiger partial charge in [0.25, 0.3) is 0 Å². The highest BCUT2D eigenvalue weighted by Gasteiger charge is 2.26. The van der Waals surface area contributed by atoms with E-state index in [1.165, 1.54) is 0 Å². The third-order valence-corrected chi connectivity index (χ3v) is 4.12. The van der Waals surface area contributed by atoms with Crippen LogP contribution in [0.4, 0.5) is 0 Å². The van der Waals surface area contributed by atoms with Crippen molar-refractivity contribution in [2.45, 2.75) is 88.0 Å². The Balaban J connectivity index is -0.000000340. The van der Waals surface area contributed by atoms with Crippen LogP contribution in [0.2, 0.25) is 0 Å². The molecule has 0 radical (unpaired) electrons. The van der Waals surface area contributed by atoms with E-state index in [4.69, 9.17) is 14.6 Å². The number of carboxylic acids is 1. The highest BCUT2D eigenvalue weighted by atomic mass is 16.5. The molecule has 0 aliphatic carbocycles. The van der Waals surface area contributed by atoms with Crippen molar-refractivity contribution in [3.63, 3.8) is 0 Å².